The number of carbonyl (C=O) groups excluding carboxylic acids is 1. The van der Waals surface area contributed by atoms with E-state index < -0.39 is 65.7 Å². The molecule has 0 heterocycles. The van der Waals surface area contributed by atoms with Gasteiger partial charge in [0.05, 0.1) is 6.54 Å². The highest BCUT2D eigenvalue weighted by atomic mass is 16.4. The van der Waals surface area contributed by atoms with Crippen LogP contribution in [0.15, 0.2) is 4.99 Å². The first-order chi connectivity index (χ1) is 13.6. The lowest BCUT2D eigenvalue weighted by Gasteiger charge is -2.49. The van der Waals surface area contributed by atoms with Crippen molar-refractivity contribution in [3.63, 3.8) is 0 Å². The Morgan fingerprint density at radius 2 is 1.47 bits per heavy atom. The second-order valence-corrected chi connectivity index (χ2v) is 6.38. The van der Waals surface area contributed by atoms with Crippen LogP contribution in [0.1, 0.15) is 26.2 Å². The molecule has 0 fully saturated rings. The quantitative estimate of drug-likeness (QED) is 0.0417. The number of ketones is 1. The predicted molar refractivity (Wildman–Crippen MR) is 100 cm³/mol. The summed E-state index contributed by atoms with van der Waals surface area (Å²) >= 11 is 0. The van der Waals surface area contributed by atoms with Crippen molar-refractivity contribution in [3.05, 3.63) is 0 Å². The van der Waals surface area contributed by atoms with Gasteiger partial charge in [0.25, 0.3) is 0 Å². The van der Waals surface area contributed by atoms with E-state index in [2.05, 4.69) is 4.99 Å². The lowest BCUT2D eigenvalue weighted by Crippen LogP contribution is -2.84. The van der Waals surface area contributed by atoms with Crippen molar-refractivity contribution < 1.29 is 44.4 Å². The second kappa shape index (κ2) is 9.95. The highest BCUT2D eigenvalue weighted by molar-refractivity contribution is 6.14. The van der Waals surface area contributed by atoms with E-state index in [-0.39, 0.29) is 18.9 Å². The van der Waals surface area contributed by atoms with Crippen LogP contribution in [-0.2, 0) is 24.0 Å². The number of hydrogen-bond donors (Lipinski definition) is 9. The van der Waals surface area contributed by atoms with E-state index in [1.54, 1.807) is 5.32 Å². The Labute approximate surface area is 170 Å². The Bertz CT molecular complexity index is 753. The van der Waals surface area contributed by atoms with E-state index in [4.69, 9.17) is 28.0 Å². The van der Waals surface area contributed by atoms with Crippen LogP contribution in [0.5, 0.6) is 0 Å². The Hall–Kier alpha value is -3.30. The molecule has 0 aromatic rings. The molecule has 170 valence electrons. The SMILES string of the molecule is CCC(=O)C(C(=O)O)([C@@](N)(NCC(=O)O)C(=O)O)[C@](N)(CCCN=C(N)N)C(=O)O. The van der Waals surface area contributed by atoms with Gasteiger partial charge in [0, 0.05) is 13.0 Å². The van der Waals surface area contributed by atoms with Gasteiger partial charge in [0.2, 0.25) is 0 Å². The average molecular weight is 434 g/mol. The van der Waals surface area contributed by atoms with Gasteiger partial charge in [-0.25, -0.2) is 4.79 Å². The molecule has 0 amide bonds. The molecule has 0 aliphatic heterocycles. The van der Waals surface area contributed by atoms with Crippen molar-refractivity contribution in [3.8, 4) is 0 Å². The third kappa shape index (κ3) is 4.64. The van der Waals surface area contributed by atoms with Gasteiger partial charge in [-0.05, 0) is 12.8 Å². The maximum absolute atomic E-state index is 12.8. The molecule has 1 unspecified atom stereocenters. The second-order valence-electron chi connectivity index (χ2n) is 6.38. The van der Waals surface area contributed by atoms with Gasteiger partial charge < -0.3 is 43.4 Å². The molecule has 0 aliphatic carbocycles. The molecule has 15 nitrogen and oxygen atoms in total. The first-order valence-electron chi connectivity index (χ1n) is 8.48. The number of carboxylic acids is 4. The van der Waals surface area contributed by atoms with E-state index in [0.29, 0.717) is 0 Å². The summed E-state index contributed by atoms with van der Waals surface area (Å²) in [6.45, 7) is -0.294. The molecule has 0 saturated heterocycles. The molecule has 0 spiro atoms. The third-order valence-corrected chi connectivity index (χ3v) is 4.58. The first kappa shape index (κ1) is 26.7. The Balaban J connectivity index is 6.98. The van der Waals surface area contributed by atoms with Crippen LogP contribution in [0.4, 0.5) is 0 Å². The summed E-state index contributed by atoms with van der Waals surface area (Å²) in [5, 5.41) is 40.0. The van der Waals surface area contributed by atoms with Crippen LogP contribution in [0.3, 0.4) is 0 Å². The minimum atomic E-state index is -3.51. The van der Waals surface area contributed by atoms with Crippen LogP contribution in [-0.4, -0.2) is 80.3 Å². The predicted octanol–water partition coefficient (Wildman–Crippen LogP) is -3.71. The number of rotatable bonds is 14. The molecule has 0 aliphatic rings. The number of aliphatic imine (C=N–C) groups is 1. The summed E-state index contributed by atoms with van der Waals surface area (Å²) in [5.74, 6) is -9.96. The summed E-state index contributed by atoms with van der Waals surface area (Å²) in [6.07, 6.45) is -1.74. The van der Waals surface area contributed by atoms with Crippen molar-refractivity contribution in [1.29, 1.82) is 0 Å². The number of nitrogens with one attached hydrogen (secondary N) is 1. The van der Waals surface area contributed by atoms with Crippen LogP contribution >= 0.6 is 0 Å². The van der Waals surface area contributed by atoms with Crippen LogP contribution in [0.2, 0.25) is 0 Å². The summed E-state index contributed by atoms with van der Waals surface area (Å²) < 4.78 is 0. The van der Waals surface area contributed by atoms with E-state index in [0.717, 1.165) is 6.92 Å². The summed E-state index contributed by atoms with van der Waals surface area (Å²) in [5.41, 5.74) is 11.9. The Morgan fingerprint density at radius 3 is 1.80 bits per heavy atom. The summed E-state index contributed by atoms with van der Waals surface area (Å²) in [7, 11) is 0. The molecular formula is C15H26N6O9. The maximum atomic E-state index is 12.8. The molecule has 0 rings (SSSR count). The number of carboxylic acid groups (broad SMARTS) is 4. The molecule has 0 radical (unpaired) electrons. The van der Waals surface area contributed by atoms with Gasteiger partial charge in [0.15, 0.2) is 22.8 Å². The zero-order valence-electron chi connectivity index (χ0n) is 16.1. The molecular weight excluding hydrogens is 408 g/mol. The zero-order valence-corrected chi connectivity index (χ0v) is 16.1. The highest BCUT2D eigenvalue weighted by Crippen LogP contribution is 2.43. The average Bonchev–Trinajstić information content (AvgIpc) is 2.62. The monoisotopic (exact) mass is 434 g/mol. The largest absolute Gasteiger partial charge is 0.480 e. The van der Waals surface area contributed by atoms with E-state index in [9.17, 15) is 39.3 Å². The molecule has 0 bridgehead atoms. The molecule has 30 heavy (non-hydrogen) atoms. The topological polar surface area (TPSA) is 295 Å². The highest BCUT2D eigenvalue weighted by Gasteiger charge is 2.75. The molecule has 15 heteroatoms. The lowest BCUT2D eigenvalue weighted by molar-refractivity contribution is -0.186. The number of guanidine groups is 1. The number of nitrogens with zero attached hydrogens (tertiary/aromatic N) is 1. The van der Waals surface area contributed by atoms with Crippen molar-refractivity contribution in [2.24, 2.45) is 33.3 Å². The van der Waals surface area contributed by atoms with E-state index >= 15 is 0 Å². The fourth-order valence-corrected chi connectivity index (χ4v) is 3.17. The van der Waals surface area contributed by atoms with Gasteiger partial charge >= 0.3 is 23.9 Å². The lowest BCUT2D eigenvalue weighted by atomic mass is 9.57. The van der Waals surface area contributed by atoms with Crippen LogP contribution in [0, 0.1) is 5.41 Å². The normalized spacial score (nSPS) is 16.9. The standard InChI is InChI=1S/C15H26N6O9/c1-2-7(22)14(10(27)28,15(19,11(29)30)21-6-8(23)24)13(18,9(25)26)4-3-5-20-12(16)17/h21H,2-6,18-19H2,1H3,(H,23,24)(H,25,26)(H,27,28)(H,29,30)(H4,16,17,20)/t13-,14?,15-/m0/s1. The molecule has 0 aromatic carbocycles. The molecule has 3 atom stereocenters. The fourth-order valence-electron chi connectivity index (χ4n) is 3.17. The van der Waals surface area contributed by atoms with Crippen molar-refractivity contribution >= 4 is 35.6 Å². The number of nitrogens with two attached hydrogens (primary N) is 4. The fraction of sp³-hybridized carbons (Fsp3) is 0.600. The van der Waals surface area contributed by atoms with E-state index in [1.165, 1.54) is 0 Å². The van der Waals surface area contributed by atoms with Crippen molar-refractivity contribution in [2.75, 3.05) is 13.1 Å². The molecule has 0 saturated carbocycles. The third-order valence-electron chi connectivity index (χ3n) is 4.58. The van der Waals surface area contributed by atoms with Crippen molar-refractivity contribution in [2.45, 2.75) is 37.4 Å². The van der Waals surface area contributed by atoms with Crippen molar-refractivity contribution in [1.82, 2.24) is 5.32 Å². The maximum Gasteiger partial charge on any atom is 0.340 e. The number of Topliss-reactive ketones (excluding diaryl/α,β-unsaturated/α-hetero) is 1. The van der Waals surface area contributed by atoms with Crippen LogP contribution in [0.25, 0.3) is 0 Å². The van der Waals surface area contributed by atoms with Gasteiger partial charge in [-0.1, -0.05) is 6.92 Å². The molecule has 0 aromatic heterocycles. The van der Waals surface area contributed by atoms with E-state index in [1.807, 2.05) is 0 Å². The Kier molecular flexibility index (Phi) is 8.85. The molecule has 13 N–H and O–H groups in total. The first-order valence-corrected chi connectivity index (χ1v) is 8.48. The number of carbonyl (C=O) groups is 5. The zero-order chi connectivity index (χ0) is 23.9. The summed E-state index contributed by atoms with van der Waals surface area (Å²) in [4.78, 5) is 63.8. The minimum Gasteiger partial charge on any atom is -0.480 e. The Morgan fingerprint density at radius 1 is 0.933 bits per heavy atom. The smallest absolute Gasteiger partial charge is 0.340 e. The number of hydrogen-bond acceptors (Lipinski definition) is 9. The van der Waals surface area contributed by atoms with Gasteiger partial charge in [-0.2, -0.15) is 0 Å². The van der Waals surface area contributed by atoms with Crippen LogP contribution < -0.4 is 28.3 Å². The van der Waals surface area contributed by atoms with Gasteiger partial charge in [0.1, 0.15) is 5.54 Å². The number of aliphatic carboxylic acids is 4. The van der Waals surface area contributed by atoms with Gasteiger partial charge in [-0.15, -0.1) is 0 Å². The summed E-state index contributed by atoms with van der Waals surface area (Å²) in [6, 6.07) is 0. The minimum absolute atomic E-state index is 0.224. The van der Waals surface area contributed by atoms with Gasteiger partial charge in [-0.3, -0.25) is 29.5 Å².